The van der Waals surface area contributed by atoms with Gasteiger partial charge >= 0.3 is 5.97 Å². The lowest BCUT2D eigenvalue weighted by atomic mass is 9.74. The molecule has 5 rings (SSSR count). The molecule has 1 saturated carbocycles. The van der Waals surface area contributed by atoms with Crippen molar-refractivity contribution in [1.82, 2.24) is 0 Å². The van der Waals surface area contributed by atoms with Crippen molar-refractivity contribution in [3.05, 3.63) is 88.0 Å². The molecule has 0 spiro atoms. The van der Waals surface area contributed by atoms with Crippen LogP contribution in [-0.2, 0) is 4.79 Å². The van der Waals surface area contributed by atoms with Crippen LogP contribution in [0, 0.1) is 23.7 Å². The molecule has 2 unspecified atom stereocenters. The monoisotopic (exact) mass is 464 g/mol. The normalized spacial score (nSPS) is 24.1. The van der Waals surface area contributed by atoms with Crippen LogP contribution in [0.5, 0.6) is 0 Å². The molecular weight excluding hydrogens is 432 g/mol. The lowest BCUT2D eigenvalue weighted by Crippen LogP contribution is -2.26. The van der Waals surface area contributed by atoms with E-state index in [9.17, 15) is 15.2 Å². The summed E-state index contributed by atoms with van der Waals surface area (Å²) in [5, 5.41) is 18.8. The van der Waals surface area contributed by atoms with Gasteiger partial charge in [0.1, 0.15) is 11.6 Å². The van der Waals surface area contributed by atoms with Gasteiger partial charge in [0.05, 0.1) is 0 Å². The molecule has 35 heavy (non-hydrogen) atoms. The summed E-state index contributed by atoms with van der Waals surface area (Å²) >= 11 is 0. The molecule has 2 aromatic rings. The van der Waals surface area contributed by atoms with E-state index in [1.165, 1.54) is 41.8 Å². The zero-order chi connectivity index (χ0) is 24.7. The molecule has 2 aromatic carbocycles. The molecule has 0 aromatic heterocycles. The van der Waals surface area contributed by atoms with E-state index >= 15 is 0 Å². The zero-order valence-electron chi connectivity index (χ0n) is 20.7. The Hall–Kier alpha value is -3.58. The molecule has 4 nitrogen and oxygen atoms in total. The first-order chi connectivity index (χ1) is 16.8. The van der Waals surface area contributed by atoms with Crippen LogP contribution >= 0.6 is 0 Å². The van der Waals surface area contributed by atoms with Gasteiger partial charge in [-0.2, -0.15) is 5.26 Å². The Morgan fingerprint density at radius 1 is 1.11 bits per heavy atom. The molecule has 0 amide bonds. The van der Waals surface area contributed by atoms with Crippen molar-refractivity contribution in [2.45, 2.75) is 64.8 Å². The number of rotatable bonds is 4. The number of carboxylic acids is 1. The minimum atomic E-state index is -1.15. The van der Waals surface area contributed by atoms with E-state index < -0.39 is 5.97 Å². The van der Waals surface area contributed by atoms with Gasteiger partial charge in [-0.1, -0.05) is 62.3 Å². The summed E-state index contributed by atoms with van der Waals surface area (Å²) in [4.78, 5) is 14.1. The number of fused-ring (bicyclic) bond motifs is 3. The van der Waals surface area contributed by atoms with E-state index in [0.717, 1.165) is 17.6 Å². The summed E-state index contributed by atoms with van der Waals surface area (Å²) in [6.07, 6.45) is 11.3. The summed E-state index contributed by atoms with van der Waals surface area (Å²) in [5.74, 6) is -0.585. The maximum absolute atomic E-state index is 11.5. The van der Waals surface area contributed by atoms with E-state index in [1.807, 2.05) is 12.1 Å². The standard InChI is InChI=1S/C31H32N2O2/c1-20-7-12-24(13-8-20)33-28-6-4-5-25(28)26-16-21(11-14-29(26)33)9-10-22-15-23(18-31(2,3)17-22)27(19-32)30(34)35/h7-16,25,28H,4-6,17-18H2,1-3H3,(H,34,35)/b10-9+,27-23-. The van der Waals surface area contributed by atoms with Crippen LogP contribution in [0.25, 0.3) is 6.08 Å². The largest absolute Gasteiger partial charge is 0.477 e. The van der Waals surface area contributed by atoms with Crippen molar-refractivity contribution >= 4 is 23.4 Å². The number of carboxylic acid groups (broad SMARTS) is 1. The molecule has 2 atom stereocenters. The molecule has 0 radical (unpaired) electrons. The number of aryl methyl sites for hydroxylation is 1. The van der Waals surface area contributed by atoms with Crippen molar-refractivity contribution in [2.75, 3.05) is 4.90 Å². The van der Waals surface area contributed by atoms with Crippen molar-refractivity contribution < 1.29 is 9.90 Å². The number of benzene rings is 2. The summed E-state index contributed by atoms with van der Waals surface area (Å²) < 4.78 is 0. The summed E-state index contributed by atoms with van der Waals surface area (Å²) in [7, 11) is 0. The second-order valence-electron chi connectivity index (χ2n) is 11.0. The maximum Gasteiger partial charge on any atom is 0.346 e. The number of anilines is 2. The Bertz CT molecular complexity index is 1300. The SMILES string of the molecule is Cc1ccc(N2c3ccc(/C=C/C4=CC(=C(\C#N)C(=O)O)/CC(C)(C)C4)cc3C3CCCC32)cc1. The predicted octanol–water partition coefficient (Wildman–Crippen LogP) is 7.45. The average molecular weight is 465 g/mol. The Morgan fingerprint density at radius 2 is 1.89 bits per heavy atom. The van der Waals surface area contributed by atoms with Gasteiger partial charge in [0.15, 0.2) is 0 Å². The number of nitriles is 1. The molecule has 0 bridgehead atoms. The molecule has 1 fully saturated rings. The number of hydrogen-bond acceptors (Lipinski definition) is 3. The van der Waals surface area contributed by atoms with Gasteiger partial charge in [-0.05, 0) is 84.6 Å². The number of aliphatic carboxylic acids is 1. The van der Waals surface area contributed by atoms with Gasteiger partial charge in [0, 0.05) is 23.3 Å². The van der Waals surface area contributed by atoms with E-state index in [-0.39, 0.29) is 11.0 Å². The topological polar surface area (TPSA) is 64.3 Å². The quantitative estimate of drug-likeness (QED) is 0.377. The van der Waals surface area contributed by atoms with Crippen LogP contribution in [0.1, 0.15) is 68.6 Å². The fourth-order valence-electron chi connectivity index (χ4n) is 6.20. The van der Waals surface area contributed by atoms with Crippen LogP contribution in [0.15, 0.2) is 71.3 Å². The van der Waals surface area contributed by atoms with Crippen LogP contribution in [0.4, 0.5) is 11.4 Å². The minimum absolute atomic E-state index is 0.0924. The second-order valence-corrected chi connectivity index (χ2v) is 11.0. The molecular formula is C31H32N2O2. The molecule has 1 N–H and O–H groups in total. The van der Waals surface area contributed by atoms with Gasteiger partial charge in [-0.3, -0.25) is 0 Å². The highest BCUT2D eigenvalue weighted by atomic mass is 16.4. The van der Waals surface area contributed by atoms with Crippen molar-refractivity contribution in [2.24, 2.45) is 5.41 Å². The molecule has 4 heteroatoms. The number of hydrogen-bond donors (Lipinski definition) is 1. The average Bonchev–Trinajstić information content (AvgIpc) is 3.39. The smallest absolute Gasteiger partial charge is 0.346 e. The van der Waals surface area contributed by atoms with Crippen molar-refractivity contribution in [3.63, 3.8) is 0 Å². The molecule has 3 aliphatic rings. The van der Waals surface area contributed by atoms with Gasteiger partial charge in [-0.25, -0.2) is 4.79 Å². The Kier molecular flexibility index (Phi) is 5.89. The van der Waals surface area contributed by atoms with E-state index in [1.54, 1.807) is 0 Å². The molecule has 2 aliphatic carbocycles. The molecule has 1 aliphatic heterocycles. The van der Waals surface area contributed by atoms with Crippen LogP contribution in [0.2, 0.25) is 0 Å². The highest BCUT2D eigenvalue weighted by molar-refractivity contribution is 5.92. The maximum atomic E-state index is 11.5. The van der Waals surface area contributed by atoms with E-state index in [2.05, 4.69) is 80.3 Å². The molecule has 1 heterocycles. The highest BCUT2D eigenvalue weighted by Gasteiger charge is 2.42. The zero-order valence-corrected chi connectivity index (χ0v) is 20.7. The third-order valence-corrected chi connectivity index (χ3v) is 7.68. The van der Waals surface area contributed by atoms with E-state index in [0.29, 0.717) is 24.0 Å². The van der Waals surface area contributed by atoms with Crippen molar-refractivity contribution in [3.8, 4) is 6.07 Å². The van der Waals surface area contributed by atoms with Gasteiger partial charge in [-0.15, -0.1) is 0 Å². The summed E-state index contributed by atoms with van der Waals surface area (Å²) in [6.45, 7) is 6.38. The fraction of sp³-hybridized carbons (Fsp3) is 0.355. The lowest BCUT2D eigenvalue weighted by molar-refractivity contribution is -0.132. The van der Waals surface area contributed by atoms with Gasteiger partial charge in [0.25, 0.3) is 0 Å². The highest BCUT2D eigenvalue weighted by Crippen LogP contribution is 2.52. The molecule has 178 valence electrons. The van der Waals surface area contributed by atoms with Gasteiger partial charge in [0.2, 0.25) is 0 Å². The fourth-order valence-corrected chi connectivity index (χ4v) is 6.20. The van der Waals surface area contributed by atoms with Crippen molar-refractivity contribution in [1.29, 1.82) is 5.26 Å². The third-order valence-electron chi connectivity index (χ3n) is 7.68. The predicted molar refractivity (Wildman–Crippen MR) is 141 cm³/mol. The third kappa shape index (κ3) is 4.44. The lowest BCUT2D eigenvalue weighted by Gasteiger charge is -2.30. The van der Waals surface area contributed by atoms with E-state index in [4.69, 9.17) is 0 Å². The first kappa shape index (κ1) is 23.2. The molecule has 0 saturated heterocycles. The Labute approximate surface area is 207 Å². The number of nitrogens with zero attached hydrogens (tertiary/aromatic N) is 2. The summed E-state index contributed by atoms with van der Waals surface area (Å²) in [6, 6.07) is 18.1. The summed E-state index contributed by atoms with van der Waals surface area (Å²) in [5.41, 5.74) is 7.91. The van der Waals surface area contributed by atoms with Gasteiger partial charge < -0.3 is 10.0 Å². The van der Waals surface area contributed by atoms with Crippen LogP contribution in [-0.4, -0.2) is 17.1 Å². The Morgan fingerprint density at radius 3 is 2.60 bits per heavy atom. The second kappa shape index (κ2) is 8.89. The Balaban J connectivity index is 1.47. The number of allylic oxidation sites excluding steroid dienone is 4. The first-order valence-corrected chi connectivity index (χ1v) is 12.5. The van der Waals surface area contributed by atoms with Crippen LogP contribution in [0.3, 0.4) is 0 Å². The number of carbonyl (C=O) groups is 1. The minimum Gasteiger partial charge on any atom is -0.477 e. The van der Waals surface area contributed by atoms with Crippen LogP contribution < -0.4 is 4.90 Å². The first-order valence-electron chi connectivity index (χ1n) is 12.5.